The first-order valence-corrected chi connectivity index (χ1v) is 5.60. The third-order valence-electron chi connectivity index (χ3n) is 2.70. The smallest absolute Gasteiger partial charge is 0.451 e. The quantitative estimate of drug-likeness (QED) is 0.940. The number of rotatable bonds is 3. The molecule has 1 N–H and O–H groups in total. The van der Waals surface area contributed by atoms with Crippen molar-refractivity contribution in [2.75, 3.05) is 26.6 Å². The highest BCUT2D eigenvalue weighted by molar-refractivity contribution is 5.94. The molecule has 0 aliphatic rings. The summed E-state index contributed by atoms with van der Waals surface area (Å²) in [6.07, 6.45) is -4.64. The first kappa shape index (κ1) is 14.2. The zero-order chi connectivity index (χ0) is 14.9. The first-order valence-electron chi connectivity index (χ1n) is 5.60. The van der Waals surface area contributed by atoms with E-state index >= 15 is 0 Å². The molecule has 8 heteroatoms. The maximum Gasteiger partial charge on any atom is 0.451 e. The van der Waals surface area contributed by atoms with Crippen molar-refractivity contribution in [3.05, 3.63) is 18.0 Å². The lowest BCUT2D eigenvalue weighted by molar-refractivity contribution is -0.144. The van der Waals surface area contributed by atoms with Crippen LogP contribution in [0.2, 0.25) is 0 Å². The minimum atomic E-state index is -4.64. The van der Waals surface area contributed by atoms with Gasteiger partial charge in [0, 0.05) is 12.4 Å². The molecule has 0 aliphatic carbocycles. The molecule has 5 nitrogen and oxygen atoms in total. The summed E-state index contributed by atoms with van der Waals surface area (Å²) in [6, 6.07) is 3.15. The van der Waals surface area contributed by atoms with Crippen LogP contribution in [0.25, 0.3) is 10.9 Å². The van der Waals surface area contributed by atoms with Crippen LogP contribution in [-0.2, 0) is 6.18 Å². The largest absolute Gasteiger partial charge is 0.493 e. The number of nitrogens with zero attached hydrogens (tertiary/aromatic N) is 2. The molecule has 0 spiro atoms. The van der Waals surface area contributed by atoms with Gasteiger partial charge in [0.1, 0.15) is 11.3 Å². The van der Waals surface area contributed by atoms with Crippen molar-refractivity contribution in [3.8, 4) is 11.5 Å². The molecule has 0 unspecified atom stereocenters. The fraction of sp³-hybridized carbons (Fsp3) is 0.333. The Labute approximate surface area is 112 Å². The van der Waals surface area contributed by atoms with Crippen molar-refractivity contribution in [2.24, 2.45) is 0 Å². The summed E-state index contributed by atoms with van der Waals surface area (Å²) in [6.45, 7) is 0. The van der Waals surface area contributed by atoms with Crippen molar-refractivity contribution >= 4 is 16.7 Å². The number of ether oxygens (including phenoxy) is 2. The van der Waals surface area contributed by atoms with Gasteiger partial charge in [0.15, 0.2) is 11.5 Å². The van der Waals surface area contributed by atoms with Crippen molar-refractivity contribution < 1.29 is 22.6 Å². The predicted octanol–water partition coefficient (Wildman–Crippen LogP) is 2.71. The molecular formula is C12H12F3N3O2. The Morgan fingerprint density at radius 1 is 1.10 bits per heavy atom. The Hall–Kier alpha value is -2.25. The van der Waals surface area contributed by atoms with Gasteiger partial charge < -0.3 is 14.8 Å². The van der Waals surface area contributed by atoms with Gasteiger partial charge in [-0.05, 0) is 12.1 Å². The van der Waals surface area contributed by atoms with E-state index < -0.39 is 12.0 Å². The number of nitrogens with one attached hydrogen (secondary N) is 1. The molecule has 0 aliphatic heterocycles. The molecule has 0 bridgehead atoms. The van der Waals surface area contributed by atoms with Gasteiger partial charge >= 0.3 is 6.18 Å². The van der Waals surface area contributed by atoms with Crippen LogP contribution in [0.15, 0.2) is 12.1 Å². The highest BCUT2D eigenvalue weighted by Gasteiger charge is 2.36. The SMILES string of the molecule is CNc1nc(C(F)(F)F)nc2c(OC)c(OC)ccc12. The number of hydrogen-bond acceptors (Lipinski definition) is 5. The maximum atomic E-state index is 12.8. The van der Waals surface area contributed by atoms with Crippen LogP contribution < -0.4 is 14.8 Å². The molecule has 1 aromatic carbocycles. The van der Waals surface area contributed by atoms with Crippen molar-refractivity contribution in [1.82, 2.24) is 9.97 Å². The summed E-state index contributed by atoms with van der Waals surface area (Å²) in [5, 5.41) is 3.04. The number of fused-ring (bicyclic) bond motifs is 1. The van der Waals surface area contributed by atoms with E-state index in [-0.39, 0.29) is 17.1 Å². The second kappa shape index (κ2) is 5.03. The second-order valence-corrected chi connectivity index (χ2v) is 3.84. The third kappa shape index (κ3) is 2.28. The topological polar surface area (TPSA) is 56.3 Å². The molecule has 1 heterocycles. The lowest BCUT2D eigenvalue weighted by Gasteiger charge is -2.14. The molecule has 0 saturated heterocycles. The fourth-order valence-corrected chi connectivity index (χ4v) is 1.83. The molecule has 108 valence electrons. The molecule has 1 aromatic heterocycles. The van der Waals surface area contributed by atoms with E-state index in [0.717, 1.165) is 0 Å². The van der Waals surface area contributed by atoms with E-state index in [1.54, 1.807) is 12.1 Å². The molecule has 2 rings (SSSR count). The second-order valence-electron chi connectivity index (χ2n) is 3.84. The molecular weight excluding hydrogens is 275 g/mol. The van der Waals surface area contributed by atoms with Gasteiger partial charge in [-0.1, -0.05) is 0 Å². The average molecular weight is 287 g/mol. The van der Waals surface area contributed by atoms with Crippen LogP contribution in [0.1, 0.15) is 5.82 Å². The minimum absolute atomic E-state index is 0.0403. The molecule has 2 aromatic rings. The standard InChI is InChI=1S/C12H12F3N3O2/c1-16-10-6-4-5-7(19-2)9(20-3)8(6)17-11(18-10)12(13,14)15/h4-5H,1-3H3,(H,16,17,18). The fourth-order valence-electron chi connectivity index (χ4n) is 1.83. The van der Waals surface area contributed by atoms with E-state index in [2.05, 4.69) is 15.3 Å². The van der Waals surface area contributed by atoms with Crippen LogP contribution in [-0.4, -0.2) is 31.2 Å². The van der Waals surface area contributed by atoms with Crippen LogP contribution in [0.3, 0.4) is 0 Å². The zero-order valence-electron chi connectivity index (χ0n) is 11.0. The van der Waals surface area contributed by atoms with Gasteiger partial charge in [-0.3, -0.25) is 0 Å². The average Bonchev–Trinajstić information content (AvgIpc) is 2.43. The van der Waals surface area contributed by atoms with Crippen molar-refractivity contribution in [3.63, 3.8) is 0 Å². The summed E-state index contributed by atoms with van der Waals surface area (Å²) in [4.78, 5) is 7.03. The lowest BCUT2D eigenvalue weighted by atomic mass is 10.2. The number of halogens is 3. The van der Waals surface area contributed by atoms with Gasteiger partial charge in [0.05, 0.1) is 14.2 Å². The lowest BCUT2D eigenvalue weighted by Crippen LogP contribution is -2.13. The van der Waals surface area contributed by atoms with Gasteiger partial charge in [0.25, 0.3) is 0 Å². The number of anilines is 1. The summed E-state index contributed by atoms with van der Waals surface area (Å²) >= 11 is 0. The normalized spacial score (nSPS) is 11.5. The summed E-state index contributed by atoms with van der Waals surface area (Å²) in [5.41, 5.74) is 0.0403. The summed E-state index contributed by atoms with van der Waals surface area (Å²) in [7, 11) is 4.22. The van der Waals surface area contributed by atoms with Gasteiger partial charge in [-0.2, -0.15) is 13.2 Å². The van der Waals surface area contributed by atoms with Crippen molar-refractivity contribution in [2.45, 2.75) is 6.18 Å². The minimum Gasteiger partial charge on any atom is -0.493 e. The molecule has 20 heavy (non-hydrogen) atoms. The summed E-state index contributed by atoms with van der Waals surface area (Å²) < 4.78 is 48.6. The molecule has 0 radical (unpaired) electrons. The predicted molar refractivity (Wildman–Crippen MR) is 67.2 cm³/mol. The highest BCUT2D eigenvalue weighted by Crippen LogP contribution is 2.38. The molecule has 0 fully saturated rings. The van der Waals surface area contributed by atoms with Gasteiger partial charge in [0.2, 0.25) is 5.82 Å². The van der Waals surface area contributed by atoms with Gasteiger partial charge in [-0.25, -0.2) is 9.97 Å². The monoisotopic (exact) mass is 287 g/mol. The molecule has 0 amide bonds. The number of alkyl halides is 3. The number of methoxy groups -OCH3 is 2. The van der Waals surface area contributed by atoms with Crippen molar-refractivity contribution in [1.29, 1.82) is 0 Å². The molecule has 0 atom stereocenters. The Kier molecular flexibility index (Phi) is 3.56. The van der Waals surface area contributed by atoms with E-state index in [9.17, 15) is 13.2 Å². The van der Waals surface area contributed by atoms with Crippen LogP contribution in [0.4, 0.5) is 19.0 Å². The van der Waals surface area contributed by atoms with E-state index in [4.69, 9.17) is 9.47 Å². The number of aromatic nitrogens is 2. The Morgan fingerprint density at radius 3 is 2.30 bits per heavy atom. The third-order valence-corrected chi connectivity index (χ3v) is 2.70. The van der Waals surface area contributed by atoms with E-state index in [0.29, 0.717) is 11.1 Å². The zero-order valence-corrected chi connectivity index (χ0v) is 11.0. The molecule has 0 saturated carbocycles. The van der Waals surface area contributed by atoms with Crippen LogP contribution in [0.5, 0.6) is 11.5 Å². The van der Waals surface area contributed by atoms with E-state index in [1.165, 1.54) is 21.3 Å². The number of hydrogen-bond donors (Lipinski definition) is 1. The van der Waals surface area contributed by atoms with Gasteiger partial charge in [-0.15, -0.1) is 0 Å². The maximum absolute atomic E-state index is 12.8. The Bertz CT molecular complexity index is 644. The highest BCUT2D eigenvalue weighted by atomic mass is 19.4. The van der Waals surface area contributed by atoms with Crippen LogP contribution >= 0.6 is 0 Å². The number of benzene rings is 1. The van der Waals surface area contributed by atoms with E-state index in [1.807, 2.05) is 0 Å². The Morgan fingerprint density at radius 2 is 1.80 bits per heavy atom. The Balaban J connectivity index is 2.85. The first-order chi connectivity index (χ1) is 9.42. The van der Waals surface area contributed by atoms with Crippen LogP contribution in [0, 0.1) is 0 Å². The summed E-state index contributed by atoms with van der Waals surface area (Å²) in [5.74, 6) is -0.729.